The molecule has 1 aliphatic carbocycles. The van der Waals surface area contributed by atoms with E-state index in [4.69, 9.17) is 9.47 Å². The maximum absolute atomic E-state index is 12.0. The molecule has 2 rings (SSSR count). The zero-order chi connectivity index (χ0) is 13.7. The summed E-state index contributed by atoms with van der Waals surface area (Å²) < 4.78 is 10.6. The van der Waals surface area contributed by atoms with Gasteiger partial charge in [-0.3, -0.25) is 4.79 Å². The topological polar surface area (TPSA) is 47.6 Å². The number of hydrogen-bond acceptors (Lipinski definition) is 3. The molecule has 104 valence electrons. The lowest BCUT2D eigenvalue weighted by Crippen LogP contribution is -2.28. The van der Waals surface area contributed by atoms with E-state index in [1.54, 1.807) is 14.2 Å². The molecule has 1 aromatic rings. The fourth-order valence-electron chi connectivity index (χ4n) is 2.61. The minimum Gasteiger partial charge on any atom is -0.493 e. The van der Waals surface area contributed by atoms with Crippen molar-refractivity contribution in [2.75, 3.05) is 14.2 Å². The van der Waals surface area contributed by atoms with E-state index in [2.05, 4.69) is 5.32 Å². The van der Waals surface area contributed by atoms with Crippen LogP contribution in [-0.2, 0) is 11.3 Å². The third-order valence-electron chi connectivity index (χ3n) is 3.66. The van der Waals surface area contributed by atoms with Crippen LogP contribution in [0, 0.1) is 5.92 Å². The Bertz CT molecular complexity index is 439. The van der Waals surface area contributed by atoms with E-state index in [0.717, 1.165) is 18.4 Å². The van der Waals surface area contributed by atoms with Gasteiger partial charge in [0.2, 0.25) is 5.91 Å². The van der Waals surface area contributed by atoms with Crippen molar-refractivity contribution in [2.45, 2.75) is 32.2 Å². The highest BCUT2D eigenvalue weighted by atomic mass is 16.5. The van der Waals surface area contributed by atoms with Crippen LogP contribution in [0.2, 0.25) is 0 Å². The second kappa shape index (κ2) is 6.45. The number of amides is 1. The summed E-state index contributed by atoms with van der Waals surface area (Å²) in [6, 6.07) is 5.69. The fourth-order valence-corrected chi connectivity index (χ4v) is 2.61. The lowest BCUT2D eigenvalue weighted by Gasteiger charge is -2.14. The molecule has 1 aliphatic rings. The molecule has 0 unspecified atom stereocenters. The van der Waals surface area contributed by atoms with E-state index in [0.29, 0.717) is 18.0 Å². The van der Waals surface area contributed by atoms with Gasteiger partial charge in [-0.2, -0.15) is 0 Å². The monoisotopic (exact) mass is 263 g/mol. The number of hydrogen-bond donors (Lipinski definition) is 1. The van der Waals surface area contributed by atoms with Gasteiger partial charge in [-0.05, 0) is 18.9 Å². The maximum Gasteiger partial charge on any atom is 0.223 e. The summed E-state index contributed by atoms with van der Waals surface area (Å²) in [7, 11) is 3.22. The quantitative estimate of drug-likeness (QED) is 0.888. The molecule has 1 fully saturated rings. The van der Waals surface area contributed by atoms with Crippen molar-refractivity contribution in [1.29, 1.82) is 0 Å². The summed E-state index contributed by atoms with van der Waals surface area (Å²) in [5.74, 6) is 1.73. The first-order chi connectivity index (χ1) is 9.26. The molecule has 0 bridgehead atoms. The van der Waals surface area contributed by atoms with Crippen molar-refractivity contribution in [3.8, 4) is 11.5 Å². The van der Waals surface area contributed by atoms with Gasteiger partial charge in [-0.25, -0.2) is 0 Å². The standard InChI is InChI=1S/C15H21NO3/c1-18-13-9-5-8-12(14(13)19-2)10-16-15(17)11-6-3-4-7-11/h5,8-9,11H,3-4,6-7,10H2,1-2H3,(H,16,17). The number of nitrogens with one attached hydrogen (secondary N) is 1. The predicted molar refractivity (Wildman–Crippen MR) is 73.4 cm³/mol. The van der Waals surface area contributed by atoms with Crippen LogP contribution in [0.5, 0.6) is 11.5 Å². The van der Waals surface area contributed by atoms with Gasteiger partial charge < -0.3 is 14.8 Å². The molecular weight excluding hydrogens is 242 g/mol. The molecule has 0 aliphatic heterocycles. The number of rotatable bonds is 5. The zero-order valence-corrected chi connectivity index (χ0v) is 11.6. The second-order valence-corrected chi connectivity index (χ2v) is 4.85. The van der Waals surface area contributed by atoms with E-state index in [1.807, 2.05) is 18.2 Å². The smallest absolute Gasteiger partial charge is 0.223 e. The molecule has 0 aromatic heterocycles. The number of carbonyl (C=O) groups is 1. The Kier molecular flexibility index (Phi) is 4.66. The number of ether oxygens (including phenoxy) is 2. The van der Waals surface area contributed by atoms with Gasteiger partial charge in [-0.1, -0.05) is 25.0 Å². The average Bonchev–Trinajstić information content (AvgIpc) is 2.98. The highest BCUT2D eigenvalue weighted by Crippen LogP contribution is 2.31. The Morgan fingerprint density at radius 3 is 2.63 bits per heavy atom. The van der Waals surface area contributed by atoms with E-state index in [9.17, 15) is 4.79 Å². The molecule has 0 saturated heterocycles. The van der Waals surface area contributed by atoms with Crippen LogP contribution in [0.15, 0.2) is 18.2 Å². The first kappa shape index (κ1) is 13.7. The summed E-state index contributed by atoms with van der Waals surface area (Å²) >= 11 is 0. The number of benzene rings is 1. The third kappa shape index (κ3) is 3.19. The Balaban J connectivity index is 2.00. The van der Waals surface area contributed by atoms with Gasteiger partial charge in [0.25, 0.3) is 0 Å². The van der Waals surface area contributed by atoms with Gasteiger partial charge in [0.1, 0.15) is 0 Å². The van der Waals surface area contributed by atoms with Crippen molar-refractivity contribution in [1.82, 2.24) is 5.32 Å². The van der Waals surface area contributed by atoms with E-state index < -0.39 is 0 Å². The number of methoxy groups -OCH3 is 2. The summed E-state index contributed by atoms with van der Waals surface area (Å²) in [5.41, 5.74) is 0.938. The Hall–Kier alpha value is -1.71. The SMILES string of the molecule is COc1cccc(CNC(=O)C2CCCC2)c1OC. The van der Waals surface area contributed by atoms with E-state index in [1.165, 1.54) is 12.8 Å². The average molecular weight is 263 g/mol. The molecule has 1 N–H and O–H groups in total. The molecule has 0 heterocycles. The van der Waals surface area contributed by atoms with Gasteiger partial charge in [0.15, 0.2) is 11.5 Å². The van der Waals surface area contributed by atoms with Crippen molar-refractivity contribution in [3.63, 3.8) is 0 Å². The molecule has 1 saturated carbocycles. The van der Waals surface area contributed by atoms with Crippen LogP contribution in [0.4, 0.5) is 0 Å². The lowest BCUT2D eigenvalue weighted by atomic mass is 10.1. The van der Waals surface area contributed by atoms with Crippen molar-refractivity contribution < 1.29 is 14.3 Å². The van der Waals surface area contributed by atoms with Gasteiger partial charge >= 0.3 is 0 Å². The molecule has 1 aromatic carbocycles. The van der Waals surface area contributed by atoms with Crippen LogP contribution in [0.1, 0.15) is 31.2 Å². The van der Waals surface area contributed by atoms with Gasteiger partial charge in [0, 0.05) is 18.0 Å². The first-order valence-corrected chi connectivity index (χ1v) is 6.74. The van der Waals surface area contributed by atoms with Crippen molar-refractivity contribution in [3.05, 3.63) is 23.8 Å². The largest absolute Gasteiger partial charge is 0.493 e. The van der Waals surface area contributed by atoms with Gasteiger partial charge in [-0.15, -0.1) is 0 Å². The molecule has 0 atom stereocenters. The Labute approximate surface area is 114 Å². The number of para-hydroxylation sites is 1. The van der Waals surface area contributed by atoms with Crippen LogP contribution in [-0.4, -0.2) is 20.1 Å². The minimum absolute atomic E-state index is 0.155. The molecule has 4 nitrogen and oxygen atoms in total. The molecule has 0 radical (unpaired) electrons. The normalized spacial score (nSPS) is 15.3. The first-order valence-electron chi connectivity index (χ1n) is 6.74. The van der Waals surface area contributed by atoms with E-state index in [-0.39, 0.29) is 11.8 Å². The lowest BCUT2D eigenvalue weighted by molar-refractivity contribution is -0.124. The molecule has 19 heavy (non-hydrogen) atoms. The maximum atomic E-state index is 12.0. The van der Waals surface area contributed by atoms with E-state index >= 15 is 0 Å². The summed E-state index contributed by atoms with van der Waals surface area (Å²) in [4.78, 5) is 12.0. The molecular formula is C15H21NO3. The Morgan fingerprint density at radius 2 is 2.00 bits per heavy atom. The van der Waals surface area contributed by atoms with Gasteiger partial charge in [0.05, 0.1) is 14.2 Å². The summed E-state index contributed by atoms with van der Waals surface area (Å²) in [5, 5.41) is 2.99. The predicted octanol–water partition coefficient (Wildman–Crippen LogP) is 2.51. The minimum atomic E-state index is 0.155. The molecule has 4 heteroatoms. The fraction of sp³-hybridized carbons (Fsp3) is 0.533. The van der Waals surface area contributed by atoms with Crippen molar-refractivity contribution >= 4 is 5.91 Å². The highest BCUT2D eigenvalue weighted by molar-refractivity contribution is 5.78. The summed E-state index contributed by atoms with van der Waals surface area (Å²) in [6.45, 7) is 0.482. The van der Waals surface area contributed by atoms with Crippen LogP contribution in [0.25, 0.3) is 0 Å². The third-order valence-corrected chi connectivity index (χ3v) is 3.66. The molecule has 0 spiro atoms. The zero-order valence-electron chi connectivity index (χ0n) is 11.6. The molecule has 1 amide bonds. The van der Waals surface area contributed by atoms with Crippen molar-refractivity contribution in [2.24, 2.45) is 5.92 Å². The Morgan fingerprint density at radius 1 is 1.26 bits per heavy atom. The second-order valence-electron chi connectivity index (χ2n) is 4.85. The number of carbonyl (C=O) groups excluding carboxylic acids is 1. The van der Waals surface area contributed by atoms with Crippen LogP contribution >= 0.6 is 0 Å². The summed E-state index contributed by atoms with van der Waals surface area (Å²) in [6.07, 6.45) is 4.36. The highest BCUT2D eigenvalue weighted by Gasteiger charge is 2.22. The van der Waals surface area contributed by atoms with Crippen LogP contribution in [0.3, 0.4) is 0 Å². The van der Waals surface area contributed by atoms with Crippen LogP contribution < -0.4 is 14.8 Å².